The monoisotopic (exact) mass is 531 g/mol. The second-order valence-corrected chi connectivity index (χ2v) is 11.3. The molecule has 4 heteroatoms. The first-order valence-electron chi connectivity index (χ1n) is 13.3. The van der Waals surface area contributed by atoms with E-state index in [1.54, 1.807) is 0 Å². The third kappa shape index (κ3) is 3.17. The molecular formula is C36H21NO2S. The summed E-state index contributed by atoms with van der Waals surface area (Å²) in [7, 11) is 0. The van der Waals surface area contributed by atoms with Crippen LogP contribution in [-0.4, -0.2) is 0 Å². The van der Waals surface area contributed by atoms with E-state index in [1.807, 2.05) is 35.6 Å². The molecule has 0 aliphatic heterocycles. The van der Waals surface area contributed by atoms with E-state index >= 15 is 0 Å². The molecule has 0 bridgehead atoms. The van der Waals surface area contributed by atoms with Crippen molar-refractivity contribution in [3.8, 4) is 0 Å². The van der Waals surface area contributed by atoms with Crippen molar-refractivity contribution in [1.82, 2.24) is 0 Å². The minimum atomic E-state index is 0.872. The highest BCUT2D eigenvalue weighted by atomic mass is 32.1. The van der Waals surface area contributed by atoms with E-state index in [9.17, 15) is 0 Å². The third-order valence-electron chi connectivity index (χ3n) is 7.86. The molecule has 0 aliphatic carbocycles. The van der Waals surface area contributed by atoms with Crippen molar-refractivity contribution in [2.45, 2.75) is 0 Å². The van der Waals surface area contributed by atoms with Crippen LogP contribution in [0.1, 0.15) is 0 Å². The zero-order valence-electron chi connectivity index (χ0n) is 21.3. The highest BCUT2D eigenvalue weighted by Crippen LogP contribution is 2.43. The first kappa shape index (κ1) is 21.8. The Morgan fingerprint density at radius 3 is 1.45 bits per heavy atom. The first-order valence-corrected chi connectivity index (χ1v) is 14.2. The van der Waals surface area contributed by atoms with E-state index in [4.69, 9.17) is 8.83 Å². The Morgan fingerprint density at radius 2 is 0.825 bits per heavy atom. The second-order valence-electron chi connectivity index (χ2n) is 10.2. The zero-order chi connectivity index (χ0) is 26.2. The fourth-order valence-corrected chi connectivity index (χ4v) is 7.15. The average molecular weight is 532 g/mol. The van der Waals surface area contributed by atoms with Crippen molar-refractivity contribution in [1.29, 1.82) is 0 Å². The van der Waals surface area contributed by atoms with Crippen LogP contribution in [0.25, 0.3) is 64.0 Å². The van der Waals surface area contributed by atoms with Crippen LogP contribution in [0.3, 0.4) is 0 Å². The van der Waals surface area contributed by atoms with Gasteiger partial charge in [0.15, 0.2) is 0 Å². The van der Waals surface area contributed by atoms with Gasteiger partial charge in [0.2, 0.25) is 0 Å². The summed E-state index contributed by atoms with van der Waals surface area (Å²) in [4.78, 5) is 2.29. The Morgan fingerprint density at radius 1 is 0.375 bits per heavy atom. The van der Waals surface area contributed by atoms with Gasteiger partial charge in [-0.15, -0.1) is 11.3 Å². The lowest BCUT2D eigenvalue weighted by molar-refractivity contribution is 0.669. The molecule has 0 fully saturated rings. The molecule has 3 heterocycles. The fourth-order valence-electron chi connectivity index (χ4n) is 6.01. The number of furan rings is 2. The number of hydrogen-bond acceptors (Lipinski definition) is 4. The molecule has 6 aromatic carbocycles. The van der Waals surface area contributed by atoms with Gasteiger partial charge in [-0.2, -0.15) is 0 Å². The van der Waals surface area contributed by atoms with Gasteiger partial charge < -0.3 is 13.7 Å². The maximum atomic E-state index is 6.29. The largest absolute Gasteiger partial charge is 0.456 e. The lowest BCUT2D eigenvalue weighted by Crippen LogP contribution is -2.09. The summed E-state index contributed by atoms with van der Waals surface area (Å²) in [6, 6.07) is 44.8. The van der Waals surface area contributed by atoms with Crippen molar-refractivity contribution in [3.63, 3.8) is 0 Å². The van der Waals surface area contributed by atoms with Gasteiger partial charge >= 0.3 is 0 Å². The molecular weight excluding hydrogens is 510 g/mol. The summed E-state index contributed by atoms with van der Waals surface area (Å²) in [5, 5.41) is 7.08. The summed E-state index contributed by atoms with van der Waals surface area (Å²) in [6.45, 7) is 0. The Labute approximate surface area is 233 Å². The van der Waals surface area contributed by atoms with Crippen LogP contribution in [0, 0.1) is 0 Å². The van der Waals surface area contributed by atoms with E-state index < -0.39 is 0 Å². The topological polar surface area (TPSA) is 29.5 Å². The van der Waals surface area contributed by atoms with Crippen molar-refractivity contribution in [3.05, 3.63) is 127 Å². The van der Waals surface area contributed by atoms with Crippen molar-refractivity contribution in [2.24, 2.45) is 0 Å². The number of nitrogens with zero attached hydrogens (tertiary/aromatic N) is 1. The van der Waals surface area contributed by atoms with Crippen molar-refractivity contribution >= 4 is 92.4 Å². The van der Waals surface area contributed by atoms with Gasteiger partial charge in [0.05, 0.1) is 0 Å². The lowest BCUT2D eigenvalue weighted by Gasteiger charge is -2.25. The van der Waals surface area contributed by atoms with Crippen molar-refractivity contribution < 1.29 is 8.83 Å². The summed E-state index contributed by atoms with van der Waals surface area (Å²) in [5.41, 5.74) is 6.69. The van der Waals surface area contributed by atoms with E-state index in [0.29, 0.717) is 0 Å². The van der Waals surface area contributed by atoms with Crippen LogP contribution in [0.15, 0.2) is 136 Å². The van der Waals surface area contributed by atoms with Gasteiger partial charge in [0, 0.05) is 70.9 Å². The zero-order valence-corrected chi connectivity index (χ0v) is 22.1. The van der Waals surface area contributed by atoms with Crippen LogP contribution in [0.4, 0.5) is 17.1 Å². The predicted molar refractivity (Wildman–Crippen MR) is 169 cm³/mol. The van der Waals surface area contributed by atoms with Gasteiger partial charge in [-0.25, -0.2) is 0 Å². The quantitative estimate of drug-likeness (QED) is 0.227. The molecule has 0 saturated heterocycles. The Balaban J connectivity index is 1.29. The minimum absolute atomic E-state index is 0.872. The molecule has 0 atom stereocenters. The smallest absolute Gasteiger partial charge is 0.137 e. The van der Waals surface area contributed by atoms with Crippen LogP contribution < -0.4 is 4.90 Å². The highest BCUT2D eigenvalue weighted by molar-refractivity contribution is 7.25. The molecule has 9 rings (SSSR count). The summed E-state index contributed by atoms with van der Waals surface area (Å²) in [6.07, 6.45) is 0. The molecule has 188 valence electrons. The number of anilines is 3. The van der Waals surface area contributed by atoms with Gasteiger partial charge in [0.1, 0.15) is 22.3 Å². The van der Waals surface area contributed by atoms with Crippen molar-refractivity contribution in [2.75, 3.05) is 4.90 Å². The van der Waals surface area contributed by atoms with Crippen LogP contribution in [0.5, 0.6) is 0 Å². The molecule has 0 amide bonds. The normalized spacial score (nSPS) is 12.0. The summed E-state index contributed by atoms with van der Waals surface area (Å²) >= 11 is 1.83. The standard InChI is InChI=1S/C36H21NO2S/c1-4-10-31-25(7-1)27-16-13-22(19-33(27)38-31)37(23-14-17-28-26-8-2-5-11-32(26)39-34(28)20-23)24-15-18-30-29-9-3-6-12-35(29)40-36(30)21-24/h1-21H. The lowest BCUT2D eigenvalue weighted by atomic mass is 10.1. The molecule has 0 radical (unpaired) electrons. The molecule has 3 aromatic heterocycles. The van der Waals surface area contributed by atoms with Gasteiger partial charge in [-0.1, -0.05) is 60.7 Å². The molecule has 0 saturated carbocycles. The molecule has 0 N–H and O–H groups in total. The number of hydrogen-bond donors (Lipinski definition) is 0. The van der Waals surface area contributed by atoms with E-state index in [-0.39, 0.29) is 0 Å². The molecule has 0 unspecified atom stereocenters. The van der Waals surface area contributed by atoms with Gasteiger partial charge in [0.25, 0.3) is 0 Å². The fraction of sp³-hybridized carbons (Fsp3) is 0. The molecule has 3 nitrogen and oxygen atoms in total. The third-order valence-corrected chi connectivity index (χ3v) is 9.00. The molecule has 0 aliphatic rings. The van der Waals surface area contributed by atoms with Crippen LogP contribution >= 0.6 is 11.3 Å². The molecule has 40 heavy (non-hydrogen) atoms. The SMILES string of the molecule is c1ccc2c(c1)oc1cc(N(c3ccc4c(c3)oc3ccccc34)c3ccc4c(c3)sc3ccccc34)ccc12. The summed E-state index contributed by atoms with van der Waals surface area (Å²) < 4.78 is 15.1. The van der Waals surface area contributed by atoms with Crippen LogP contribution in [0.2, 0.25) is 0 Å². The first-order chi connectivity index (χ1) is 19.8. The average Bonchev–Trinajstić information content (AvgIpc) is 3.67. The van der Waals surface area contributed by atoms with Crippen LogP contribution in [-0.2, 0) is 0 Å². The maximum absolute atomic E-state index is 6.29. The number of para-hydroxylation sites is 2. The summed E-state index contributed by atoms with van der Waals surface area (Å²) in [5.74, 6) is 0. The Kier molecular flexibility index (Phi) is 4.48. The highest BCUT2D eigenvalue weighted by Gasteiger charge is 2.18. The Bertz CT molecular complexity index is 2140. The number of thiophene rings is 1. The number of benzene rings is 6. The maximum Gasteiger partial charge on any atom is 0.137 e. The van der Waals surface area contributed by atoms with Gasteiger partial charge in [-0.05, 0) is 54.6 Å². The second kappa shape index (κ2) is 8.22. The molecule has 9 aromatic rings. The number of fused-ring (bicyclic) bond motifs is 9. The minimum Gasteiger partial charge on any atom is -0.456 e. The number of rotatable bonds is 3. The molecule has 0 spiro atoms. The van der Waals surface area contributed by atoms with E-state index in [0.717, 1.165) is 60.9 Å². The predicted octanol–water partition coefficient (Wildman–Crippen LogP) is 11.3. The van der Waals surface area contributed by atoms with E-state index in [1.165, 1.54) is 20.2 Å². The van der Waals surface area contributed by atoms with Gasteiger partial charge in [-0.3, -0.25) is 0 Å². The Hall–Kier alpha value is -5.06. The van der Waals surface area contributed by atoms with E-state index in [2.05, 4.69) is 108 Å².